The molecule has 1 N–H and O–H groups in total. The van der Waals surface area contributed by atoms with Gasteiger partial charge in [-0.05, 0) is 37.9 Å². The summed E-state index contributed by atoms with van der Waals surface area (Å²) in [7, 11) is 1.83. The van der Waals surface area contributed by atoms with Gasteiger partial charge in [-0.15, -0.1) is 11.8 Å². The van der Waals surface area contributed by atoms with Crippen LogP contribution >= 0.6 is 11.8 Å². The predicted molar refractivity (Wildman–Crippen MR) is 127 cm³/mol. The third kappa shape index (κ3) is 6.56. The van der Waals surface area contributed by atoms with Crippen LogP contribution in [-0.2, 0) is 16.1 Å². The summed E-state index contributed by atoms with van der Waals surface area (Å²) in [6, 6.07) is 17.8. The highest BCUT2D eigenvalue weighted by molar-refractivity contribution is 7.98. The van der Waals surface area contributed by atoms with Crippen molar-refractivity contribution in [3.8, 4) is 0 Å². The number of anilines is 1. The van der Waals surface area contributed by atoms with Gasteiger partial charge in [-0.25, -0.2) is 0 Å². The summed E-state index contributed by atoms with van der Waals surface area (Å²) in [5.74, 6) is -0.0319. The summed E-state index contributed by atoms with van der Waals surface area (Å²) >= 11 is 1.59. The fourth-order valence-electron chi connectivity index (χ4n) is 3.63. The molecule has 2 amide bonds. The van der Waals surface area contributed by atoms with Crippen LogP contribution in [0, 0.1) is 0 Å². The van der Waals surface area contributed by atoms with Crippen molar-refractivity contribution in [2.24, 2.45) is 0 Å². The number of amides is 2. The molecule has 0 aromatic heterocycles. The average Bonchev–Trinajstić information content (AvgIpc) is 2.80. The lowest BCUT2D eigenvalue weighted by atomic mass is 10.2. The maximum absolute atomic E-state index is 12.8. The molecule has 2 aromatic carbocycles. The summed E-state index contributed by atoms with van der Waals surface area (Å²) in [5.41, 5.74) is 2.10. The second-order valence-electron chi connectivity index (χ2n) is 7.92. The third-order valence-electron chi connectivity index (χ3n) is 5.76. The van der Waals surface area contributed by atoms with Crippen molar-refractivity contribution in [1.29, 1.82) is 0 Å². The Morgan fingerprint density at radius 3 is 2.35 bits per heavy atom. The molecule has 1 aliphatic rings. The first-order valence-corrected chi connectivity index (χ1v) is 11.9. The number of nitrogens with zero attached hydrogens (tertiary/aromatic N) is 3. The number of likely N-dealkylation sites (N-methyl/N-ethyl adjacent to an activating group) is 1. The maximum Gasteiger partial charge on any atom is 0.241 e. The molecule has 0 unspecified atom stereocenters. The normalized spacial score (nSPS) is 15.7. The Hall–Kier alpha value is -2.35. The van der Waals surface area contributed by atoms with Crippen molar-refractivity contribution in [3.05, 3.63) is 60.2 Å². The number of hydrogen-bond acceptors (Lipinski definition) is 5. The highest BCUT2D eigenvalue weighted by Gasteiger charge is 2.25. The van der Waals surface area contributed by atoms with E-state index in [9.17, 15) is 9.59 Å². The molecular formula is C24H32N4O2S. The van der Waals surface area contributed by atoms with E-state index in [1.807, 2.05) is 60.4 Å². The van der Waals surface area contributed by atoms with Crippen LogP contribution in [0.15, 0.2) is 59.5 Å². The Morgan fingerprint density at radius 2 is 1.68 bits per heavy atom. The summed E-state index contributed by atoms with van der Waals surface area (Å²) in [6.07, 6.45) is 1.98. The Labute approximate surface area is 189 Å². The molecule has 3 rings (SSSR count). The van der Waals surface area contributed by atoms with Crippen molar-refractivity contribution in [2.75, 3.05) is 51.3 Å². The van der Waals surface area contributed by atoms with E-state index < -0.39 is 6.04 Å². The number of carbonyl (C=O) groups is 2. The predicted octanol–water partition coefficient (Wildman–Crippen LogP) is 3.01. The zero-order valence-electron chi connectivity index (χ0n) is 18.6. The van der Waals surface area contributed by atoms with Crippen LogP contribution in [0.5, 0.6) is 0 Å². The molecule has 1 saturated heterocycles. The van der Waals surface area contributed by atoms with Crippen LogP contribution in [0.2, 0.25) is 0 Å². The van der Waals surface area contributed by atoms with Gasteiger partial charge in [-0.2, -0.15) is 0 Å². The molecular weight excluding hydrogens is 408 g/mol. The van der Waals surface area contributed by atoms with Gasteiger partial charge in [0, 0.05) is 37.6 Å². The minimum absolute atomic E-state index is 0.0750. The zero-order chi connectivity index (χ0) is 22.2. The number of piperazine rings is 1. The minimum Gasteiger partial charge on any atom is -0.339 e. The highest BCUT2D eigenvalue weighted by Crippen LogP contribution is 2.24. The largest absolute Gasteiger partial charge is 0.339 e. The van der Waals surface area contributed by atoms with Gasteiger partial charge in [-0.1, -0.05) is 42.5 Å². The lowest BCUT2D eigenvalue weighted by Crippen LogP contribution is -2.52. The molecule has 1 atom stereocenters. The molecule has 0 bridgehead atoms. The van der Waals surface area contributed by atoms with Crippen molar-refractivity contribution in [2.45, 2.75) is 24.4 Å². The summed E-state index contributed by atoms with van der Waals surface area (Å²) in [4.78, 5) is 32.6. The molecule has 31 heavy (non-hydrogen) atoms. The van der Waals surface area contributed by atoms with E-state index in [-0.39, 0.29) is 18.4 Å². The van der Waals surface area contributed by atoms with Crippen LogP contribution in [0.3, 0.4) is 0 Å². The van der Waals surface area contributed by atoms with E-state index >= 15 is 0 Å². The first kappa shape index (κ1) is 23.3. The molecule has 2 aromatic rings. The standard InChI is InChI=1S/C24H32N4O2S/c1-19(24(30)25-21-11-7-8-12-22(21)31-3)26(2)18-23(29)28-15-13-27(14-16-28)17-20-9-5-4-6-10-20/h4-12,19H,13-18H2,1-3H3,(H,25,30)/t19-/m0/s1. The van der Waals surface area contributed by atoms with Gasteiger partial charge in [0.05, 0.1) is 18.3 Å². The lowest BCUT2D eigenvalue weighted by molar-refractivity contribution is -0.135. The number of para-hydroxylation sites is 1. The SMILES string of the molecule is CSc1ccccc1NC(=O)[C@H](C)N(C)CC(=O)N1CCN(Cc2ccccc2)CC1. The molecule has 0 spiro atoms. The second-order valence-corrected chi connectivity index (χ2v) is 8.77. The van der Waals surface area contributed by atoms with Crippen LogP contribution in [0.25, 0.3) is 0 Å². The molecule has 1 fully saturated rings. The van der Waals surface area contributed by atoms with Crippen LogP contribution in [-0.4, -0.2) is 78.6 Å². The van der Waals surface area contributed by atoms with Gasteiger partial charge >= 0.3 is 0 Å². The minimum atomic E-state index is -0.404. The van der Waals surface area contributed by atoms with Gasteiger partial charge < -0.3 is 10.2 Å². The monoisotopic (exact) mass is 440 g/mol. The van der Waals surface area contributed by atoms with Crippen molar-refractivity contribution in [1.82, 2.24) is 14.7 Å². The van der Waals surface area contributed by atoms with Crippen LogP contribution < -0.4 is 5.32 Å². The van der Waals surface area contributed by atoms with E-state index in [0.29, 0.717) is 0 Å². The molecule has 1 heterocycles. The van der Waals surface area contributed by atoms with Crippen molar-refractivity contribution in [3.63, 3.8) is 0 Å². The average molecular weight is 441 g/mol. The second kappa shape index (κ2) is 11.3. The molecule has 0 aliphatic carbocycles. The van der Waals surface area contributed by atoms with Gasteiger partial charge in [-0.3, -0.25) is 19.4 Å². The Balaban J connectivity index is 1.46. The molecule has 166 valence electrons. The number of carbonyl (C=O) groups excluding carboxylic acids is 2. The topological polar surface area (TPSA) is 55.9 Å². The van der Waals surface area contributed by atoms with E-state index in [0.717, 1.165) is 43.3 Å². The summed E-state index contributed by atoms with van der Waals surface area (Å²) in [5, 5.41) is 2.99. The number of rotatable bonds is 8. The van der Waals surface area contributed by atoms with Crippen LogP contribution in [0.4, 0.5) is 5.69 Å². The Bertz CT molecular complexity index is 869. The van der Waals surface area contributed by atoms with Crippen LogP contribution in [0.1, 0.15) is 12.5 Å². The van der Waals surface area contributed by atoms with Crippen molar-refractivity contribution < 1.29 is 9.59 Å². The Morgan fingerprint density at radius 1 is 1.03 bits per heavy atom. The number of thioether (sulfide) groups is 1. The highest BCUT2D eigenvalue weighted by atomic mass is 32.2. The quantitative estimate of drug-likeness (QED) is 0.640. The first-order chi connectivity index (χ1) is 15.0. The third-order valence-corrected chi connectivity index (χ3v) is 6.56. The molecule has 7 heteroatoms. The first-order valence-electron chi connectivity index (χ1n) is 10.7. The zero-order valence-corrected chi connectivity index (χ0v) is 19.4. The molecule has 0 radical (unpaired) electrons. The fourth-order valence-corrected chi connectivity index (χ4v) is 4.19. The van der Waals surface area contributed by atoms with Gasteiger partial charge in [0.25, 0.3) is 0 Å². The van der Waals surface area contributed by atoms with E-state index in [1.165, 1.54) is 5.56 Å². The van der Waals surface area contributed by atoms with Gasteiger partial charge in [0.15, 0.2) is 0 Å². The number of benzene rings is 2. The van der Waals surface area contributed by atoms with E-state index in [2.05, 4.69) is 34.5 Å². The van der Waals surface area contributed by atoms with E-state index in [1.54, 1.807) is 11.8 Å². The maximum atomic E-state index is 12.8. The summed E-state index contributed by atoms with van der Waals surface area (Å²) in [6.45, 7) is 6.16. The summed E-state index contributed by atoms with van der Waals surface area (Å²) < 4.78 is 0. The van der Waals surface area contributed by atoms with E-state index in [4.69, 9.17) is 0 Å². The molecule has 0 saturated carbocycles. The smallest absolute Gasteiger partial charge is 0.241 e. The lowest BCUT2D eigenvalue weighted by Gasteiger charge is -2.36. The number of hydrogen-bond donors (Lipinski definition) is 1. The molecule has 1 aliphatic heterocycles. The fraction of sp³-hybridized carbons (Fsp3) is 0.417. The molecule has 6 nitrogen and oxygen atoms in total. The van der Waals surface area contributed by atoms with Gasteiger partial charge in [0.2, 0.25) is 11.8 Å². The number of nitrogens with one attached hydrogen (secondary N) is 1. The Kier molecular flexibility index (Phi) is 8.51. The van der Waals surface area contributed by atoms with Crippen molar-refractivity contribution >= 4 is 29.3 Å². The van der Waals surface area contributed by atoms with Gasteiger partial charge in [0.1, 0.15) is 0 Å².